The van der Waals surface area contributed by atoms with Crippen LogP contribution in [0.1, 0.15) is 12.0 Å². The number of ether oxygens (including phenoxy) is 2. The van der Waals surface area contributed by atoms with Crippen LogP contribution in [0, 0.1) is 0 Å². The van der Waals surface area contributed by atoms with E-state index in [1.165, 1.54) is 0 Å². The van der Waals surface area contributed by atoms with Gasteiger partial charge in [0.25, 0.3) is 5.92 Å². The van der Waals surface area contributed by atoms with Gasteiger partial charge in [-0.05, 0) is 17.7 Å². The third-order valence-corrected chi connectivity index (χ3v) is 3.50. The summed E-state index contributed by atoms with van der Waals surface area (Å²) in [7, 11) is 0. The second-order valence-corrected chi connectivity index (χ2v) is 5.19. The van der Waals surface area contributed by atoms with Gasteiger partial charge < -0.3 is 14.8 Å². The highest BCUT2D eigenvalue weighted by molar-refractivity contribution is 5.85. The van der Waals surface area contributed by atoms with Crippen LogP contribution in [-0.4, -0.2) is 37.6 Å². The fourth-order valence-electron chi connectivity index (χ4n) is 2.41. The molecule has 1 fully saturated rings. The van der Waals surface area contributed by atoms with Crippen molar-refractivity contribution in [1.82, 2.24) is 10.6 Å². The molecule has 1 aromatic carbocycles. The largest absolute Gasteiger partial charge is 0.486 e. The van der Waals surface area contributed by atoms with Crippen molar-refractivity contribution >= 4 is 18.3 Å². The Balaban J connectivity index is 0.00000176. The quantitative estimate of drug-likeness (QED) is 0.879. The van der Waals surface area contributed by atoms with Crippen molar-refractivity contribution in [1.29, 1.82) is 0 Å². The fraction of sp³-hybridized carbons (Fsp3) is 0.500. The van der Waals surface area contributed by atoms with E-state index in [1.807, 2.05) is 6.07 Å². The SMILES string of the molecule is Cl.O=C(NCc1ccc2c(c1)OCCO2)C1CC(F)(F)CN1. The van der Waals surface area contributed by atoms with Gasteiger partial charge in [0, 0.05) is 13.0 Å². The summed E-state index contributed by atoms with van der Waals surface area (Å²) in [6.07, 6.45) is -0.458. The van der Waals surface area contributed by atoms with Gasteiger partial charge in [-0.15, -0.1) is 12.4 Å². The minimum Gasteiger partial charge on any atom is -0.486 e. The van der Waals surface area contributed by atoms with E-state index in [9.17, 15) is 13.6 Å². The zero-order valence-electron chi connectivity index (χ0n) is 11.7. The Morgan fingerprint density at radius 3 is 2.73 bits per heavy atom. The number of carbonyl (C=O) groups excluding carboxylic acids is 1. The molecule has 0 spiro atoms. The van der Waals surface area contributed by atoms with Crippen LogP contribution >= 0.6 is 12.4 Å². The van der Waals surface area contributed by atoms with Crippen molar-refractivity contribution in [3.8, 4) is 11.5 Å². The predicted octanol–water partition coefficient (Wildman–Crippen LogP) is 1.49. The molecule has 122 valence electrons. The second kappa shape index (κ2) is 6.66. The summed E-state index contributed by atoms with van der Waals surface area (Å²) in [5, 5.41) is 5.18. The number of benzene rings is 1. The zero-order chi connectivity index (χ0) is 14.9. The topological polar surface area (TPSA) is 59.6 Å². The molecule has 2 aliphatic heterocycles. The van der Waals surface area contributed by atoms with Gasteiger partial charge >= 0.3 is 0 Å². The van der Waals surface area contributed by atoms with E-state index >= 15 is 0 Å². The lowest BCUT2D eigenvalue weighted by Crippen LogP contribution is -2.40. The van der Waals surface area contributed by atoms with Crippen LogP contribution in [0.15, 0.2) is 18.2 Å². The first-order valence-electron chi connectivity index (χ1n) is 6.81. The maximum atomic E-state index is 13.0. The molecular formula is C14H17ClF2N2O3. The first kappa shape index (κ1) is 16.8. The molecule has 5 nitrogen and oxygen atoms in total. The number of fused-ring (bicyclic) bond motifs is 1. The second-order valence-electron chi connectivity index (χ2n) is 5.19. The number of carbonyl (C=O) groups is 1. The van der Waals surface area contributed by atoms with Gasteiger partial charge in [-0.1, -0.05) is 6.07 Å². The lowest BCUT2D eigenvalue weighted by atomic mass is 10.1. The Kier molecular flexibility index (Phi) is 5.08. The zero-order valence-corrected chi connectivity index (χ0v) is 12.6. The maximum Gasteiger partial charge on any atom is 0.262 e. The first-order chi connectivity index (χ1) is 10.0. The molecule has 22 heavy (non-hydrogen) atoms. The third-order valence-electron chi connectivity index (χ3n) is 3.50. The third kappa shape index (κ3) is 3.78. The van der Waals surface area contributed by atoms with Gasteiger partial charge in [0.2, 0.25) is 5.91 Å². The van der Waals surface area contributed by atoms with Crippen molar-refractivity contribution in [3.05, 3.63) is 23.8 Å². The van der Waals surface area contributed by atoms with Gasteiger partial charge in [-0.3, -0.25) is 10.1 Å². The molecule has 1 amide bonds. The molecule has 3 rings (SSSR count). The molecule has 1 saturated heterocycles. The van der Waals surface area contributed by atoms with Crippen molar-refractivity contribution in [2.45, 2.75) is 24.9 Å². The summed E-state index contributed by atoms with van der Waals surface area (Å²) < 4.78 is 36.9. The van der Waals surface area contributed by atoms with Crippen LogP contribution in [0.25, 0.3) is 0 Å². The Bertz CT molecular complexity index is 557. The molecule has 1 unspecified atom stereocenters. The molecule has 2 aliphatic rings. The highest BCUT2D eigenvalue weighted by atomic mass is 35.5. The van der Waals surface area contributed by atoms with Crippen molar-refractivity contribution in [3.63, 3.8) is 0 Å². The molecule has 0 bridgehead atoms. The fourth-order valence-corrected chi connectivity index (χ4v) is 2.41. The molecule has 8 heteroatoms. The summed E-state index contributed by atoms with van der Waals surface area (Å²) in [6.45, 7) is 0.822. The summed E-state index contributed by atoms with van der Waals surface area (Å²) in [5.74, 6) is -1.91. The lowest BCUT2D eigenvalue weighted by molar-refractivity contribution is -0.123. The van der Waals surface area contributed by atoms with E-state index in [4.69, 9.17) is 9.47 Å². The minimum absolute atomic E-state index is 0. The summed E-state index contributed by atoms with van der Waals surface area (Å²) in [4.78, 5) is 11.8. The average molecular weight is 335 g/mol. The maximum absolute atomic E-state index is 13.0. The molecule has 0 saturated carbocycles. The number of hydrogen-bond donors (Lipinski definition) is 2. The van der Waals surface area contributed by atoms with Gasteiger partial charge in [-0.25, -0.2) is 8.78 Å². The van der Waals surface area contributed by atoms with Crippen LogP contribution < -0.4 is 20.1 Å². The molecule has 2 heterocycles. The van der Waals surface area contributed by atoms with Gasteiger partial charge in [0.15, 0.2) is 11.5 Å². The average Bonchev–Trinajstić information content (AvgIpc) is 2.85. The van der Waals surface area contributed by atoms with E-state index in [0.29, 0.717) is 24.7 Å². The van der Waals surface area contributed by atoms with Gasteiger partial charge in [0.1, 0.15) is 13.2 Å². The summed E-state index contributed by atoms with van der Waals surface area (Å²) >= 11 is 0. The minimum atomic E-state index is -2.81. The number of hydrogen-bond acceptors (Lipinski definition) is 4. The number of rotatable bonds is 3. The molecule has 0 radical (unpaired) electrons. The van der Waals surface area contributed by atoms with E-state index in [-0.39, 0.29) is 19.0 Å². The van der Waals surface area contributed by atoms with Crippen LogP contribution in [0.5, 0.6) is 11.5 Å². The molecule has 0 aliphatic carbocycles. The summed E-state index contributed by atoms with van der Waals surface area (Å²) in [6, 6.07) is 4.53. The van der Waals surface area contributed by atoms with Gasteiger partial charge in [0.05, 0.1) is 12.6 Å². The van der Waals surface area contributed by atoms with Crippen LogP contribution in [0.2, 0.25) is 0 Å². The molecule has 0 aromatic heterocycles. The van der Waals surface area contributed by atoms with E-state index in [1.54, 1.807) is 12.1 Å². The number of amides is 1. The molecule has 2 N–H and O–H groups in total. The molecular weight excluding hydrogens is 318 g/mol. The first-order valence-corrected chi connectivity index (χ1v) is 6.81. The van der Waals surface area contributed by atoms with Crippen LogP contribution in [-0.2, 0) is 11.3 Å². The van der Waals surface area contributed by atoms with Crippen molar-refractivity contribution in [2.75, 3.05) is 19.8 Å². The number of nitrogens with one attached hydrogen (secondary N) is 2. The van der Waals surface area contributed by atoms with Crippen molar-refractivity contribution < 1.29 is 23.0 Å². The summed E-state index contributed by atoms with van der Waals surface area (Å²) in [5.41, 5.74) is 0.831. The number of alkyl halides is 2. The molecule has 1 aromatic rings. The number of halogens is 3. The Morgan fingerprint density at radius 2 is 2.05 bits per heavy atom. The molecule has 1 atom stereocenters. The highest BCUT2D eigenvalue weighted by Crippen LogP contribution is 2.30. The van der Waals surface area contributed by atoms with E-state index < -0.39 is 30.8 Å². The predicted molar refractivity (Wildman–Crippen MR) is 77.9 cm³/mol. The Morgan fingerprint density at radius 1 is 1.32 bits per heavy atom. The Hall–Kier alpha value is -1.60. The lowest BCUT2D eigenvalue weighted by Gasteiger charge is -2.19. The highest BCUT2D eigenvalue weighted by Gasteiger charge is 2.42. The van der Waals surface area contributed by atoms with Crippen LogP contribution in [0.3, 0.4) is 0 Å². The van der Waals surface area contributed by atoms with E-state index in [2.05, 4.69) is 10.6 Å². The van der Waals surface area contributed by atoms with Crippen molar-refractivity contribution in [2.24, 2.45) is 0 Å². The standard InChI is InChI=1S/C14H16F2N2O3.ClH/c15-14(16)6-10(18-8-14)13(19)17-7-9-1-2-11-12(5-9)21-4-3-20-11;/h1-2,5,10,18H,3-4,6-8H2,(H,17,19);1H. The smallest absolute Gasteiger partial charge is 0.262 e. The Labute approximate surface area is 132 Å². The van der Waals surface area contributed by atoms with Gasteiger partial charge in [-0.2, -0.15) is 0 Å². The van der Waals surface area contributed by atoms with E-state index in [0.717, 1.165) is 5.56 Å². The normalized spacial score (nSPS) is 21.8. The van der Waals surface area contributed by atoms with Crippen LogP contribution in [0.4, 0.5) is 8.78 Å². The monoisotopic (exact) mass is 334 g/mol.